The van der Waals surface area contributed by atoms with Crippen LogP contribution in [0.2, 0.25) is 0 Å². The molecule has 1 amide bonds. The van der Waals surface area contributed by atoms with Crippen LogP contribution in [0, 0.1) is 0 Å². The van der Waals surface area contributed by atoms with E-state index >= 15 is 0 Å². The molecule has 0 saturated carbocycles. The molecule has 0 bridgehead atoms. The Morgan fingerprint density at radius 2 is 2.15 bits per heavy atom. The summed E-state index contributed by atoms with van der Waals surface area (Å²) in [4.78, 5) is 29.0. The van der Waals surface area contributed by atoms with Crippen LogP contribution in [0.4, 0.5) is 5.69 Å². The Bertz CT molecular complexity index is 1070. The van der Waals surface area contributed by atoms with Crippen LogP contribution in [-0.4, -0.2) is 40.0 Å². The van der Waals surface area contributed by atoms with Crippen molar-refractivity contribution in [2.45, 2.75) is 0 Å². The summed E-state index contributed by atoms with van der Waals surface area (Å²) >= 11 is 0. The van der Waals surface area contributed by atoms with Crippen LogP contribution in [0.15, 0.2) is 48.7 Å². The largest absolute Gasteiger partial charge is 0.482 e. The number of carboxylic acid groups (broad SMARTS) is 1. The minimum Gasteiger partial charge on any atom is -0.482 e. The van der Waals surface area contributed by atoms with Crippen molar-refractivity contribution in [2.75, 3.05) is 18.6 Å². The van der Waals surface area contributed by atoms with Crippen molar-refractivity contribution in [1.29, 1.82) is 0 Å². The zero-order chi connectivity index (χ0) is 18.3. The van der Waals surface area contributed by atoms with E-state index < -0.39 is 5.97 Å². The van der Waals surface area contributed by atoms with Crippen LogP contribution in [-0.2, 0) is 9.59 Å². The minimum atomic E-state index is -1.04. The van der Waals surface area contributed by atoms with Gasteiger partial charge in [0.15, 0.2) is 6.61 Å². The molecule has 1 N–H and O–H groups in total. The molecule has 7 heteroatoms. The Hall–Kier alpha value is -3.61. The van der Waals surface area contributed by atoms with Gasteiger partial charge in [-0.1, -0.05) is 6.07 Å². The normalized spacial score (nSPS) is 13.9. The molecule has 0 aliphatic carbocycles. The summed E-state index contributed by atoms with van der Waals surface area (Å²) in [5.41, 5.74) is 3.40. The van der Waals surface area contributed by atoms with Gasteiger partial charge < -0.3 is 14.7 Å². The topological polar surface area (TPSA) is 84.1 Å². The summed E-state index contributed by atoms with van der Waals surface area (Å²) in [5, 5.41) is 8.99. The first kappa shape index (κ1) is 15.9. The number of benzene rings is 1. The van der Waals surface area contributed by atoms with Crippen LogP contribution in [0.3, 0.4) is 0 Å². The number of carbonyl (C=O) groups is 2. The molecule has 4 rings (SSSR count). The van der Waals surface area contributed by atoms with E-state index in [-0.39, 0.29) is 12.5 Å². The van der Waals surface area contributed by atoms with Crippen molar-refractivity contribution < 1.29 is 19.4 Å². The van der Waals surface area contributed by atoms with Crippen LogP contribution in [0.1, 0.15) is 5.69 Å². The number of anilines is 1. The molecule has 0 atom stereocenters. The number of hydrogen-bond donors (Lipinski definition) is 1. The maximum atomic E-state index is 11.9. The third-order valence-electron chi connectivity index (χ3n) is 4.27. The lowest BCUT2D eigenvalue weighted by molar-refractivity contribution is -0.131. The van der Waals surface area contributed by atoms with E-state index in [1.165, 1.54) is 6.08 Å². The van der Waals surface area contributed by atoms with Crippen LogP contribution in [0.5, 0.6) is 5.75 Å². The second kappa shape index (κ2) is 6.03. The molecule has 3 heterocycles. The monoisotopic (exact) mass is 349 g/mol. The number of carbonyl (C=O) groups excluding carboxylic acids is 1. The number of fused-ring (bicyclic) bond motifs is 2. The van der Waals surface area contributed by atoms with Gasteiger partial charge in [0.1, 0.15) is 11.4 Å². The first-order valence-electron chi connectivity index (χ1n) is 7.96. The average Bonchev–Trinajstić information content (AvgIpc) is 3.01. The van der Waals surface area contributed by atoms with Crippen LogP contribution >= 0.6 is 0 Å². The van der Waals surface area contributed by atoms with Gasteiger partial charge in [0, 0.05) is 24.9 Å². The van der Waals surface area contributed by atoms with Gasteiger partial charge in [-0.25, -0.2) is 9.78 Å². The van der Waals surface area contributed by atoms with Crippen LogP contribution in [0.25, 0.3) is 23.0 Å². The lowest BCUT2D eigenvalue weighted by Gasteiger charge is -2.26. The van der Waals surface area contributed by atoms with Crippen molar-refractivity contribution in [3.8, 4) is 17.0 Å². The molecule has 1 aliphatic heterocycles. The van der Waals surface area contributed by atoms with E-state index in [4.69, 9.17) is 9.84 Å². The van der Waals surface area contributed by atoms with Gasteiger partial charge >= 0.3 is 5.97 Å². The Morgan fingerprint density at radius 1 is 1.31 bits per heavy atom. The minimum absolute atomic E-state index is 0.0177. The fraction of sp³-hybridized carbons (Fsp3) is 0.105. The van der Waals surface area contributed by atoms with E-state index in [2.05, 4.69) is 4.98 Å². The van der Waals surface area contributed by atoms with Crippen molar-refractivity contribution in [1.82, 2.24) is 9.38 Å². The highest BCUT2D eigenvalue weighted by Crippen LogP contribution is 2.36. The molecule has 0 unspecified atom stereocenters. The standard InChI is InChI=1S/C19H15N3O4/c1-21-14-10-12(5-7-15(14)26-11-17(21)23)19-13(6-8-18(24)25)22-9-3-2-4-16(22)20-19/h2-10H,11H2,1H3,(H,24,25)/b8-6+. The molecule has 2 aromatic heterocycles. The third kappa shape index (κ3) is 2.59. The Morgan fingerprint density at radius 3 is 2.96 bits per heavy atom. The van der Waals surface area contributed by atoms with Gasteiger partial charge in [-0.05, 0) is 36.4 Å². The van der Waals surface area contributed by atoms with Gasteiger partial charge in [0.05, 0.1) is 17.1 Å². The fourth-order valence-corrected chi connectivity index (χ4v) is 2.96. The Kier molecular flexibility index (Phi) is 3.69. The van der Waals surface area contributed by atoms with Crippen LogP contribution < -0.4 is 9.64 Å². The molecule has 26 heavy (non-hydrogen) atoms. The summed E-state index contributed by atoms with van der Waals surface area (Å²) in [7, 11) is 1.70. The predicted molar refractivity (Wildman–Crippen MR) is 96.2 cm³/mol. The Balaban J connectivity index is 1.91. The molecule has 3 aromatic rings. The SMILES string of the molecule is CN1C(=O)COc2ccc(-c3nc4ccccn4c3/C=C/C(=O)O)cc21. The number of carboxylic acids is 1. The molecule has 1 aromatic carbocycles. The molecular weight excluding hydrogens is 334 g/mol. The molecule has 130 valence electrons. The number of ether oxygens (including phenoxy) is 1. The summed E-state index contributed by atoms with van der Waals surface area (Å²) in [6.07, 6.45) is 4.42. The van der Waals surface area contributed by atoms with E-state index in [0.29, 0.717) is 28.5 Å². The zero-order valence-electron chi connectivity index (χ0n) is 13.9. The number of likely N-dealkylation sites (N-methyl/N-ethyl adjacent to an activating group) is 1. The van der Waals surface area contributed by atoms with Gasteiger partial charge in [-0.15, -0.1) is 0 Å². The quantitative estimate of drug-likeness (QED) is 0.734. The van der Waals surface area contributed by atoms with E-state index in [1.807, 2.05) is 40.9 Å². The van der Waals surface area contributed by atoms with Crippen molar-refractivity contribution in [2.24, 2.45) is 0 Å². The van der Waals surface area contributed by atoms with Gasteiger partial charge in [-0.3, -0.25) is 9.20 Å². The van der Waals surface area contributed by atoms with Gasteiger partial charge in [0.25, 0.3) is 5.91 Å². The average molecular weight is 349 g/mol. The zero-order valence-corrected chi connectivity index (χ0v) is 13.9. The number of rotatable bonds is 3. The number of nitrogens with zero attached hydrogens (tertiary/aromatic N) is 3. The highest BCUT2D eigenvalue weighted by Gasteiger charge is 2.23. The molecule has 0 spiro atoms. The molecular formula is C19H15N3O4. The van der Waals surface area contributed by atoms with Crippen molar-refractivity contribution in [3.05, 3.63) is 54.4 Å². The van der Waals surface area contributed by atoms with E-state index in [9.17, 15) is 9.59 Å². The smallest absolute Gasteiger partial charge is 0.328 e. The first-order valence-corrected chi connectivity index (χ1v) is 7.96. The number of amides is 1. The molecule has 0 radical (unpaired) electrons. The second-order valence-electron chi connectivity index (χ2n) is 5.87. The molecule has 0 saturated heterocycles. The predicted octanol–water partition coefficient (Wildman–Crippen LogP) is 2.45. The lowest BCUT2D eigenvalue weighted by Crippen LogP contribution is -2.35. The van der Waals surface area contributed by atoms with Gasteiger partial charge in [-0.2, -0.15) is 0 Å². The fourth-order valence-electron chi connectivity index (χ4n) is 2.96. The summed E-state index contributed by atoms with van der Waals surface area (Å²) < 4.78 is 7.28. The number of pyridine rings is 1. The summed E-state index contributed by atoms with van der Waals surface area (Å²) in [6, 6.07) is 11.0. The maximum Gasteiger partial charge on any atom is 0.328 e. The number of aromatic nitrogens is 2. The molecule has 1 aliphatic rings. The molecule has 0 fully saturated rings. The van der Waals surface area contributed by atoms with E-state index in [0.717, 1.165) is 11.6 Å². The number of hydrogen-bond acceptors (Lipinski definition) is 4. The highest BCUT2D eigenvalue weighted by atomic mass is 16.5. The second-order valence-corrected chi connectivity index (χ2v) is 5.87. The van der Waals surface area contributed by atoms with Crippen molar-refractivity contribution >= 4 is 29.3 Å². The third-order valence-corrected chi connectivity index (χ3v) is 4.27. The summed E-state index contributed by atoms with van der Waals surface area (Å²) in [6.45, 7) is 0.0177. The van der Waals surface area contributed by atoms with E-state index in [1.54, 1.807) is 18.0 Å². The van der Waals surface area contributed by atoms with Gasteiger partial charge in [0.2, 0.25) is 0 Å². The maximum absolute atomic E-state index is 11.9. The Labute approximate surface area is 148 Å². The number of imidazole rings is 1. The van der Waals surface area contributed by atoms with Crippen molar-refractivity contribution in [3.63, 3.8) is 0 Å². The first-order chi connectivity index (χ1) is 12.5. The number of aliphatic carboxylic acids is 1. The summed E-state index contributed by atoms with van der Waals surface area (Å²) in [5.74, 6) is -0.538. The highest BCUT2D eigenvalue weighted by molar-refractivity contribution is 5.98. The lowest BCUT2D eigenvalue weighted by atomic mass is 10.1. The molecule has 7 nitrogen and oxygen atoms in total.